The van der Waals surface area contributed by atoms with Crippen LogP contribution in [-0.4, -0.2) is 438 Å². The number of ether oxygens (including phenoxy) is 18. The number of aldehydes is 1. The van der Waals surface area contributed by atoms with Crippen molar-refractivity contribution in [3.8, 4) is 0 Å². The summed E-state index contributed by atoms with van der Waals surface area (Å²) in [6.45, 7) is 19.3. The minimum absolute atomic E-state index is 0.00775. The van der Waals surface area contributed by atoms with Crippen molar-refractivity contribution in [1.29, 1.82) is 0 Å². The number of esters is 3. The van der Waals surface area contributed by atoms with Crippen molar-refractivity contribution in [2.24, 2.45) is 62.1 Å². The Balaban J connectivity index is 0.752. The second-order valence-corrected chi connectivity index (χ2v) is 43.4. The molecule has 0 aromatic rings. The summed E-state index contributed by atoms with van der Waals surface area (Å²) >= 11 is 0. The largest absolute Gasteiger partial charge is 0.479 e. The number of carbonyl (C=O) groups is 5. The van der Waals surface area contributed by atoms with E-state index in [-0.39, 0.29) is 63.4 Å². The Bertz CT molecular complexity index is 4170. The summed E-state index contributed by atoms with van der Waals surface area (Å²) in [6, 6.07) is 0. The number of allylic oxidation sites excluding steroid dienone is 2. The van der Waals surface area contributed by atoms with Gasteiger partial charge in [-0.25, -0.2) is 4.79 Å². The van der Waals surface area contributed by atoms with Gasteiger partial charge in [-0.1, -0.05) is 101 Å². The normalized spacial score (nSPS) is 48.8. The van der Waals surface area contributed by atoms with Crippen LogP contribution in [0.5, 0.6) is 0 Å². The molecule has 8 saturated heterocycles. The standard InChI is InChI=1S/C94H152O46/c1-14-38(4)48(128-56(103)27-43(100)26-49(39(5)15-2)140-94(122)37-124-47(16-3)76(94)116)25-42(99)28-57(104)132-70-41(7)127-83(74(66(70)113)137-80-65(112)62(109)69(40(6)126-80)133-79-68(115)71(46(101)33-123-79)134-85-77(117)92(121,35-98)36-125-85)139-86(120)93-24-23-87(8,9)29-45(93)44-17-18-53-88(10)21-20-55(89(11,34-97)52(88)19-22-90(53,12)91(44,13)30-54(93)102)131-84-75(138-82-64(111)61(108)59(106)51(32-96)130-82)72(67(114)73(136-84)78(118)119)135-81-63(110)60(107)58(105)50(31-95)129-81/h17,34,38-43,45-55,58-77,79-85,95-96,98-102,105-117,121-122H,14-16,18-33,35-37H2,1-13H3,(H,118,119)/t38-,39-,40?,41?,42-,43-,45?,46?,47-,48-,49-,50?,51?,52?,53?,54+,55-,58+,59-,60-,61-,62+,63?,64?,65?,66?,67+,68-,69-,70+,71-,72-,73?,74+,75?,76?,77+,79?,80-,81-,82-,83-,84+,85-,88-,89-,90+,91+,92?,93+,94?/m0/s1. The molecular formula is C94H152O46. The highest BCUT2D eigenvalue weighted by Gasteiger charge is 2.74. The number of hydrogen-bond donors (Lipinski definition) is 23. The van der Waals surface area contributed by atoms with Crippen molar-refractivity contribution in [3.63, 3.8) is 0 Å². The smallest absolute Gasteiger partial charge is 0.335 e. The molecule has 0 bridgehead atoms. The maximum absolute atomic E-state index is 16.4. The number of hydrogen-bond acceptors (Lipinski definition) is 45. The molecule has 804 valence electrons. The first-order chi connectivity index (χ1) is 65.7. The van der Waals surface area contributed by atoms with Gasteiger partial charge in [0.2, 0.25) is 12.1 Å². The van der Waals surface area contributed by atoms with Crippen LogP contribution in [0.25, 0.3) is 0 Å². The molecule has 4 saturated carbocycles. The first-order valence-corrected chi connectivity index (χ1v) is 49.3. The van der Waals surface area contributed by atoms with E-state index in [1.807, 2.05) is 34.6 Å². The van der Waals surface area contributed by atoms with E-state index < -0.39 is 371 Å². The SMILES string of the molecule is CC[C@@H]1OCC(O)(O[C@@H](C[C@H](O)CC(=O)O[C@@H](C[C@H](O)CC(=O)O[C@@H]2C(C)O[C@@H](OC(=O)[C@]34CCC(C)(C)CC3C3=CCC5[C@@]6(C)CC[C@H](O[C@@H]7OC(C(=O)O)[C@H](O)[C@H](O[C@@H]8OC(CO)[C@@H](O)[C@H](O)C8O)C7O[C@@H]7OC(CO)[C@H](O)[C@H](O)C7O)[C@@](C)(C=O)C6CC[C@@]5(C)[C@]3(C)C[C@H]4O)[C@H](O[C@@H]3OC(C)[C@H](OC4OCC(O)[C@H](O[C@@H]5OCC(O)(CO)[C@@H]5O)[C@@H]4O)[C@H](O)C3O)C2O)[C@@H](C)CC)[C@@H](C)CC)C1O. The monoisotopic (exact) mass is 2020 g/mol. The van der Waals surface area contributed by atoms with E-state index >= 15 is 4.79 Å². The number of aliphatic hydroxyl groups is 22. The van der Waals surface area contributed by atoms with Crippen molar-refractivity contribution in [2.45, 2.75) is 443 Å². The van der Waals surface area contributed by atoms with Crippen molar-refractivity contribution in [3.05, 3.63) is 11.6 Å². The molecule has 13 rings (SSSR count). The van der Waals surface area contributed by atoms with Crippen LogP contribution in [0.15, 0.2) is 11.6 Å². The summed E-state index contributed by atoms with van der Waals surface area (Å²) in [5.41, 5.74) is -7.80. The van der Waals surface area contributed by atoms with E-state index in [0.29, 0.717) is 44.9 Å². The fourth-order valence-corrected chi connectivity index (χ4v) is 24.6. The van der Waals surface area contributed by atoms with Crippen LogP contribution in [0.4, 0.5) is 0 Å². The molecule has 140 heavy (non-hydrogen) atoms. The molecule has 46 nitrogen and oxygen atoms in total. The number of aliphatic hydroxyl groups excluding tert-OH is 20. The Kier molecular flexibility index (Phi) is 35.9. The first-order valence-electron chi connectivity index (χ1n) is 49.3. The van der Waals surface area contributed by atoms with E-state index in [1.54, 1.807) is 27.7 Å². The molecule has 23 N–H and O–H groups in total. The van der Waals surface area contributed by atoms with E-state index in [9.17, 15) is 137 Å². The highest BCUT2D eigenvalue weighted by atomic mass is 16.8. The molecule has 13 aliphatic rings. The first kappa shape index (κ1) is 113. The number of fused-ring (bicyclic) bond motifs is 7. The Hall–Kier alpha value is -4.19. The summed E-state index contributed by atoms with van der Waals surface area (Å²) < 4.78 is 109. The minimum Gasteiger partial charge on any atom is -0.479 e. The Morgan fingerprint density at radius 2 is 1.08 bits per heavy atom. The second kappa shape index (κ2) is 44.5. The minimum atomic E-state index is -2.34. The molecule has 0 aromatic carbocycles. The molecule has 0 aromatic heterocycles. The van der Waals surface area contributed by atoms with E-state index in [1.165, 1.54) is 13.8 Å². The maximum atomic E-state index is 16.4. The van der Waals surface area contributed by atoms with Crippen molar-refractivity contribution in [2.75, 3.05) is 39.6 Å². The third kappa shape index (κ3) is 21.6. The topological polar surface area (TPSA) is 717 Å². The van der Waals surface area contributed by atoms with Gasteiger partial charge in [0.1, 0.15) is 152 Å². The number of rotatable bonds is 36. The average molecular weight is 2020 g/mol. The lowest BCUT2D eigenvalue weighted by atomic mass is 9.33. The van der Waals surface area contributed by atoms with Gasteiger partial charge in [-0.05, 0) is 129 Å². The fraction of sp³-hybridized carbons (Fsp3) is 0.926. The molecular weight excluding hydrogens is 1860 g/mol. The van der Waals surface area contributed by atoms with Crippen LogP contribution in [0, 0.1) is 62.1 Å². The van der Waals surface area contributed by atoms with Gasteiger partial charge >= 0.3 is 23.9 Å². The van der Waals surface area contributed by atoms with Crippen molar-refractivity contribution in [1.82, 2.24) is 0 Å². The molecule has 46 heteroatoms. The van der Waals surface area contributed by atoms with E-state index in [4.69, 9.17) is 85.3 Å². The number of aliphatic carboxylic acids is 1. The number of carboxylic acid groups (broad SMARTS) is 1. The molecule has 5 aliphatic carbocycles. The zero-order valence-electron chi connectivity index (χ0n) is 81.3. The van der Waals surface area contributed by atoms with Gasteiger partial charge in [0, 0.05) is 12.8 Å². The summed E-state index contributed by atoms with van der Waals surface area (Å²) in [4.78, 5) is 72.3. The predicted octanol–water partition coefficient (Wildman–Crippen LogP) is -4.91. The lowest BCUT2D eigenvalue weighted by molar-refractivity contribution is -0.395. The van der Waals surface area contributed by atoms with Crippen LogP contribution in [0.2, 0.25) is 0 Å². The van der Waals surface area contributed by atoms with Crippen LogP contribution in [0.3, 0.4) is 0 Å². The van der Waals surface area contributed by atoms with Gasteiger partial charge < -0.3 is 208 Å². The molecule has 8 aliphatic heterocycles. The Morgan fingerprint density at radius 3 is 1.66 bits per heavy atom. The Labute approximate surface area is 810 Å². The zero-order valence-corrected chi connectivity index (χ0v) is 81.3. The van der Waals surface area contributed by atoms with Crippen LogP contribution < -0.4 is 0 Å². The van der Waals surface area contributed by atoms with Gasteiger partial charge in [0.05, 0.1) is 100 Å². The predicted molar refractivity (Wildman–Crippen MR) is 467 cm³/mol. The lowest BCUT2D eigenvalue weighted by Gasteiger charge is -2.71. The summed E-state index contributed by atoms with van der Waals surface area (Å²) in [7, 11) is 0. The molecule has 51 atom stereocenters. The quantitative estimate of drug-likeness (QED) is 0.00698. The van der Waals surface area contributed by atoms with Gasteiger partial charge in [-0.3, -0.25) is 14.4 Å². The van der Waals surface area contributed by atoms with Crippen molar-refractivity contribution >= 4 is 30.2 Å². The number of carbonyl (C=O) groups excluding carboxylic acids is 4. The zero-order chi connectivity index (χ0) is 103. The van der Waals surface area contributed by atoms with Crippen molar-refractivity contribution < 1.29 is 227 Å². The summed E-state index contributed by atoms with van der Waals surface area (Å²) in [5, 5.41) is 259. The number of carboxylic acids is 1. The highest BCUT2D eigenvalue weighted by molar-refractivity contribution is 5.80. The van der Waals surface area contributed by atoms with E-state index in [0.717, 1.165) is 11.9 Å². The molecule has 0 spiro atoms. The molecule has 0 amide bonds. The fourth-order valence-electron chi connectivity index (χ4n) is 24.6. The van der Waals surface area contributed by atoms with Crippen LogP contribution in [0.1, 0.15) is 193 Å². The van der Waals surface area contributed by atoms with Crippen LogP contribution >= 0.6 is 0 Å². The molecule has 12 fully saturated rings. The third-order valence-corrected chi connectivity index (χ3v) is 33.9. The van der Waals surface area contributed by atoms with Gasteiger partial charge in [0.15, 0.2) is 56.1 Å². The average Bonchev–Trinajstić information content (AvgIpc) is 0.689. The maximum Gasteiger partial charge on any atom is 0.335 e. The van der Waals surface area contributed by atoms with Gasteiger partial charge in [0.25, 0.3) is 0 Å². The van der Waals surface area contributed by atoms with Gasteiger partial charge in [-0.15, -0.1) is 0 Å². The van der Waals surface area contributed by atoms with Gasteiger partial charge in [-0.2, -0.15) is 0 Å². The molecule has 18 unspecified atom stereocenters. The highest BCUT2D eigenvalue weighted by Crippen LogP contribution is 2.76. The Morgan fingerprint density at radius 1 is 0.514 bits per heavy atom. The van der Waals surface area contributed by atoms with E-state index in [2.05, 4.69) is 19.9 Å². The molecule has 8 heterocycles. The second-order valence-electron chi connectivity index (χ2n) is 43.4. The molecule has 0 radical (unpaired) electrons. The third-order valence-electron chi connectivity index (χ3n) is 33.9. The lowest BCUT2D eigenvalue weighted by Crippen LogP contribution is -2.69. The summed E-state index contributed by atoms with van der Waals surface area (Å²) in [5.74, 6) is -9.41. The van der Waals surface area contributed by atoms with Crippen LogP contribution in [-0.2, 0) is 109 Å². The summed E-state index contributed by atoms with van der Waals surface area (Å²) in [6.07, 6.45) is -65.8.